The Balaban J connectivity index is 2.71. The maximum absolute atomic E-state index is 11.9. The van der Waals surface area contributed by atoms with Gasteiger partial charge in [0, 0.05) is 20.6 Å². The molecule has 1 aromatic carbocycles. The van der Waals surface area contributed by atoms with Crippen molar-refractivity contribution >= 4 is 15.9 Å². The molecule has 6 nitrogen and oxygen atoms in total. The largest absolute Gasteiger partial charge is 0.351 e. The molecule has 0 saturated carbocycles. The van der Waals surface area contributed by atoms with Gasteiger partial charge in [-0.05, 0) is 23.6 Å². The fraction of sp³-hybridized carbons (Fsp3) is 0.500. The third-order valence-corrected chi connectivity index (χ3v) is 5.02. The fourth-order valence-electron chi connectivity index (χ4n) is 1.60. The van der Waals surface area contributed by atoms with Gasteiger partial charge in [0.05, 0.1) is 10.9 Å². The molecule has 0 fully saturated rings. The van der Waals surface area contributed by atoms with E-state index in [1.807, 2.05) is 13.8 Å². The lowest BCUT2D eigenvalue weighted by Crippen LogP contribution is -2.43. The van der Waals surface area contributed by atoms with Crippen molar-refractivity contribution in [1.29, 1.82) is 0 Å². The normalized spacial score (nSPS) is 13.5. The van der Waals surface area contributed by atoms with E-state index < -0.39 is 16.1 Å². The number of sulfonamides is 1. The first-order chi connectivity index (χ1) is 9.66. The van der Waals surface area contributed by atoms with Gasteiger partial charge in [-0.3, -0.25) is 4.79 Å². The molecule has 0 saturated heterocycles. The number of hydrogen-bond acceptors (Lipinski definition) is 4. The molecule has 0 aliphatic carbocycles. The highest BCUT2D eigenvalue weighted by molar-refractivity contribution is 7.89. The first-order valence-electron chi connectivity index (χ1n) is 6.71. The second-order valence-electron chi connectivity index (χ2n) is 5.42. The highest BCUT2D eigenvalue weighted by Crippen LogP contribution is 2.14. The zero-order chi connectivity index (χ0) is 16.2. The van der Waals surface area contributed by atoms with Crippen LogP contribution in [-0.4, -0.2) is 38.8 Å². The van der Waals surface area contributed by atoms with E-state index in [0.717, 1.165) is 9.87 Å². The number of nitrogens with one attached hydrogen (secondary N) is 1. The molecule has 0 heterocycles. The molecule has 1 amide bonds. The van der Waals surface area contributed by atoms with Crippen LogP contribution in [0.25, 0.3) is 0 Å². The van der Waals surface area contributed by atoms with E-state index in [1.54, 1.807) is 12.1 Å². The van der Waals surface area contributed by atoms with Crippen LogP contribution in [-0.2, 0) is 21.4 Å². The highest BCUT2D eigenvalue weighted by Gasteiger charge is 2.18. The summed E-state index contributed by atoms with van der Waals surface area (Å²) in [6.07, 6.45) is 0. The van der Waals surface area contributed by atoms with Crippen molar-refractivity contribution in [2.24, 2.45) is 11.7 Å². The maximum Gasteiger partial charge on any atom is 0.242 e. The molecule has 0 bridgehead atoms. The summed E-state index contributed by atoms with van der Waals surface area (Å²) >= 11 is 0. The lowest BCUT2D eigenvalue weighted by Gasteiger charge is -2.15. The molecule has 21 heavy (non-hydrogen) atoms. The molecular formula is C14H23N3O3S. The van der Waals surface area contributed by atoms with Crippen molar-refractivity contribution in [3.8, 4) is 0 Å². The average molecular weight is 313 g/mol. The number of benzene rings is 1. The molecule has 1 aromatic rings. The summed E-state index contributed by atoms with van der Waals surface area (Å²) in [5, 5.41) is 2.74. The van der Waals surface area contributed by atoms with Crippen LogP contribution in [0, 0.1) is 5.92 Å². The molecule has 0 aliphatic heterocycles. The second-order valence-corrected chi connectivity index (χ2v) is 7.57. The third-order valence-electron chi connectivity index (χ3n) is 3.19. The SMILES string of the molecule is CC(C)[C@H](N)C(=O)NCc1ccc(S(=O)(=O)N(C)C)cc1. The summed E-state index contributed by atoms with van der Waals surface area (Å²) in [6.45, 7) is 4.08. The minimum absolute atomic E-state index is 0.0672. The summed E-state index contributed by atoms with van der Waals surface area (Å²) < 4.78 is 25.0. The standard InChI is InChI=1S/C14H23N3O3S/c1-10(2)13(15)14(18)16-9-11-5-7-12(8-6-11)21(19,20)17(3)4/h5-8,10,13H,9,15H2,1-4H3,(H,16,18)/t13-/m0/s1. The van der Waals surface area contributed by atoms with Gasteiger partial charge in [-0.1, -0.05) is 26.0 Å². The summed E-state index contributed by atoms with van der Waals surface area (Å²) in [4.78, 5) is 12.0. The fourth-order valence-corrected chi connectivity index (χ4v) is 2.50. The molecule has 7 heteroatoms. The van der Waals surface area contributed by atoms with Crippen molar-refractivity contribution in [2.45, 2.75) is 31.3 Å². The number of hydrogen-bond donors (Lipinski definition) is 2. The van der Waals surface area contributed by atoms with Gasteiger partial charge in [-0.25, -0.2) is 12.7 Å². The zero-order valence-electron chi connectivity index (χ0n) is 12.8. The van der Waals surface area contributed by atoms with Gasteiger partial charge in [-0.15, -0.1) is 0 Å². The molecule has 0 aliphatic rings. The van der Waals surface area contributed by atoms with Crippen LogP contribution < -0.4 is 11.1 Å². The van der Waals surface area contributed by atoms with Gasteiger partial charge >= 0.3 is 0 Å². The molecule has 1 rings (SSSR count). The van der Waals surface area contributed by atoms with E-state index in [0.29, 0.717) is 6.54 Å². The number of nitrogens with two attached hydrogens (primary N) is 1. The van der Waals surface area contributed by atoms with E-state index in [-0.39, 0.29) is 16.7 Å². The first kappa shape index (κ1) is 17.6. The van der Waals surface area contributed by atoms with Crippen LogP contribution in [0.3, 0.4) is 0 Å². The Morgan fingerprint density at radius 2 is 1.76 bits per heavy atom. The predicted molar refractivity (Wildman–Crippen MR) is 82.0 cm³/mol. The van der Waals surface area contributed by atoms with Gasteiger partial charge in [0.2, 0.25) is 15.9 Å². The van der Waals surface area contributed by atoms with Crippen molar-refractivity contribution in [3.63, 3.8) is 0 Å². The number of rotatable bonds is 6. The monoisotopic (exact) mass is 313 g/mol. The van der Waals surface area contributed by atoms with Gasteiger partial charge < -0.3 is 11.1 Å². The molecular weight excluding hydrogens is 290 g/mol. The van der Waals surface area contributed by atoms with Gasteiger partial charge in [-0.2, -0.15) is 0 Å². The molecule has 0 spiro atoms. The van der Waals surface area contributed by atoms with E-state index in [1.165, 1.54) is 26.2 Å². The summed E-state index contributed by atoms with van der Waals surface area (Å²) in [5.74, 6) is -0.146. The number of nitrogens with zero attached hydrogens (tertiary/aromatic N) is 1. The van der Waals surface area contributed by atoms with Crippen molar-refractivity contribution in [1.82, 2.24) is 9.62 Å². The van der Waals surface area contributed by atoms with E-state index >= 15 is 0 Å². The second kappa shape index (κ2) is 7.02. The zero-order valence-corrected chi connectivity index (χ0v) is 13.6. The number of carbonyl (C=O) groups excluding carboxylic acids is 1. The number of carbonyl (C=O) groups is 1. The lowest BCUT2D eigenvalue weighted by molar-refractivity contribution is -0.123. The molecule has 118 valence electrons. The molecule has 0 aromatic heterocycles. The Morgan fingerprint density at radius 3 is 2.19 bits per heavy atom. The van der Waals surface area contributed by atoms with Crippen molar-refractivity contribution < 1.29 is 13.2 Å². The minimum Gasteiger partial charge on any atom is -0.351 e. The van der Waals surface area contributed by atoms with Crippen LogP contribution in [0.15, 0.2) is 29.2 Å². The van der Waals surface area contributed by atoms with E-state index in [2.05, 4.69) is 5.32 Å². The summed E-state index contributed by atoms with van der Waals surface area (Å²) in [5.41, 5.74) is 6.56. The number of amides is 1. The summed E-state index contributed by atoms with van der Waals surface area (Å²) in [6, 6.07) is 5.87. The Labute approximate surface area is 126 Å². The highest BCUT2D eigenvalue weighted by atomic mass is 32.2. The molecule has 1 atom stereocenters. The maximum atomic E-state index is 11.9. The van der Waals surface area contributed by atoms with Crippen LogP contribution in [0.1, 0.15) is 19.4 Å². The van der Waals surface area contributed by atoms with Crippen LogP contribution in [0.5, 0.6) is 0 Å². The Morgan fingerprint density at radius 1 is 1.24 bits per heavy atom. The third kappa shape index (κ3) is 4.52. The van der Waals surface area contributed by atoms with E-state index in [9.17, 15) is 13.2 Å². The quantitative estimate of drug-likeness (QED) is 0.801. The topological polar surface area (TPSA) is 92.5 Å². The Kier molecular flexibility index (Phi) is 5.88. The summed E-state index contributed by atoms with van der Waals surface area (Å²) in [7, 11) is -0.458. The van der Waals surface area contributed by atoms with E-state index in [4.69, 9.17) is 5.73 Å². The molecule has 3 N–H and O–H groups in total. The Bertz CT molecular complexity index is 580. The van der Waals surface area contributed by atoms with Crippen LogP contribution >= 0.6 is 0 Å². The molecule has 0 radical (unpaired) electrons. The van der Waals surface area contributed by atoms with Crippen molar-refractivity contribution in [3.05, 3.63) is 29.8 Å². The average Bonchev–Trinajstić information content (AvgIpc) is 2.44. The minimum atomic E-state index is -3.42. The molecule has 0 unspecified atom stereocenters. The lowest BCUT2D eigenvalue weighted by atomic mass is 10.0. The van der Waals surface area contributed by atoms with Crippen LogP contribution in [0.4, 0.5) is 0 Å². The Hall–Kier alpha value is -1.44. The van der Waals surface area contributed by atoms with Gasteiger partial charge in [0.1, 0.15) is 0 Å². The van der Waals surface area contributed by atoms with Crippen molar-refractivity contribution in [2.75, 3.05) is 14.1 Å². The smallest absolute Gasteiger partial charge is 0.242 e. The predicted octanol–water partition coefficient (Wildman–Crippen LogP) is 0.536. The van der Waals surface area contributed by atoms with Gasteiger partial charge in [0.25, 0.3) is 0 Å². The van der Waals surface area contributed by atoms with Crippen LogP contribution in [0.2, 0.25) is 0 Å². The first-order valence-corrected chi connectivity index (χ1v) is 8.15. The van der Waals surface area contributed by atoms with Gasteiger partial charge in [0.15, 0.2) is 0 Å².